The van der Waals surface area contributed by atoms with Gasteiger partial charge in [0.05, 0.1) is 10.5 Å². The van der Waals surface area contributed by atoms with Crippen molar-refractivity contribution in [2.24, 2.45) is 4.99 Å². The molecule has 2 heterocycles. The van der Waals surface area contributed by atoms with Gasteiger partial charge < -0.3 is 9.64 Å². The van der Waals surface area contributed by atoms with Crippen LogP contribution in [0.15, 0.2) is 76.6 Å². The van der Waals surface area contributed by atoms with Crippen molar-refractivity contribution in [1.29, 1.82) is 0 Å². The molecule has 0 spiro atoms. The van der Waals surface area contributed by atoms with Crippen molar-refractivity contribution in [3.63, 3.8) is 0 Å². The van der Waals surface area contributed by atoms with E-state index in [-0.39, 0.29) is 0 Å². The Kier molecular flexibility index (Phi) is 5.68. The maximum atomic E-state index is 13.4. The minimum atomic E-state index is -3.55. The summed E-state index contributed by atoms with van der Waals surface area (Å²) in [4.78, 5) is 7.57. The number of para-hydroxylation sites is 2. The van der Waals surface area contributed by atoms with Crippen molar-refractivity contribution in [1.82, 2.24) is 9.21 Å². The van der Waals surface area contributed by atoms with Crippen LogP contribution in [0.3, 0.4) is 0 Å². The fourth-order valence-electron chi connectivity index (χ4n) is 4.41. The van der Waals surface area contributed by atoms with Crippen LogP contribution in [0, 0.1) is 13.8 Å². The zero-order valence-electron chi connectivity index (χ0n) is 18.9. The van der Waals surface area contributed by atoms with Gasteiger partial charge in [-0.15, -0.1) is 0 Å². The van der Waals surface area contributed by atoms with Gasteiger partial charge in [-0.25, -0.2) is 13.4 Å². The zero-order valence-corrected chi connectivity index (χ0v) is 19.7. The highest BCUT2D eigenvalue weighted by atomic mass is 32.2. The summed E-state index contributed by atoms with van der Waals surface area (Å²) in [6, 6.07) is 21.0. The molecular weight excluding hydrogens is 434 g/mol. The molecule has 0 aromatic heterocycles. The van der Waals surface area contributed by atoms with Crippen molar-refractivity contribution >= 4 is 21.5 Å². The van der Waals surface area contributed by atoms with E-state index in [1.165, 1.54) is 0 Å². The van der Waals surface area contributed by atoms with Gasteiger partial charge in [0.2, 0.25) is 10.0 Å². The van der Waals surface area contributed by atoms with Gasteiger partial charge in [0, 0.05) is 26.2 Å². The predicted molar refractivity (Wildman–Crippen MR) is 130 cm³/mol. The molecule has 2 aliphatic rings. The van der Waals surface area contributed by atoms with Crippen LogP contribution in [0.5, 0.6) is 11.5 Å². The van der Waals surface area contributed by atoms with E-state index < -0.39 is 10.0 Å². The molecule has 6 nitrogen and oxygen atoms in total. The summed E-state index contributed by atoms with van der Waals surface area (Å²) in [5.41, 5.74) is 3.59. The Morgan fingerprint density at radius 1 is 0.848 bits per heavy atom. The lowest BCUT2D eigenvalue weighted by Gasteiger charge is -2.25. The van der Waals surface area contributed by atoms with E-state index in [1.807, 2.05) is 55.5 Å². The molecule has 0 atom stereocenters. The Morgan fingerprint density at radius 3 is 2.48 bits per heavy atom. The molecule has 0 N–H and O–H groups in total. The number of amidine groups is 1. The van der Waals surface area contributed by atoms with E-state index in [0.29, 0.717) is 37.5 Å². The van der Waals surface area contributed by atoms with Crippen molar-refractivity contribution in [3.8, 4) is 11.5 Å². The highest BCUT2D eigenvalue weighted by Gasteiger charge is 2.30. The number of aliphatic imine (C=N–C) groups is 1. The minimum Gasteiger partial charge on any atom is -0.454 e. The van der Waals surface area contributed by atoms with Gasteiger partial charge in [0.1, 0.15) is 17.3 Å². The first-order valence-electron chi connectivity index (χ1n) is 11.2. The number of hydrogen-bond donors (Lipinski definition) is 0. The van der Waals surface area contributed by atoms with Crippen molar-refractivity contribution in [2.45, 2.75) is 25.2 Å². The first kappa shape index (κ1) is 21.7. The summed E-state index contributed by atoms with van der Waals surface area (Å²) < 4.78 is 34.5. The highest BCUT2D eigenvalue weighted by molar-refractivity contribution is 7.89. The molecule has 3 aromatic rings. The van der Waals surface area contributed by atoms with Crippen LogP contribution >= 0.6 is 0 Å². The number of sulfonamides is 1. The lowest BCUT2D eigenvalue weighted by Crippen LogP contribution is -2.37. The molecule has 3 aromatic carbocycles. The molecule has 0 aliphatic carbocycles. The van der Waals surface area contributed by atoms with Crippen molar-refractivity contribution in [3.05, 3.63) is 83.4 Å². The SMILES string of the molecule is Cc1ccc2c(c1)C(N1CCCN(S(=O)(=O)c3ccccc3C)CC1)=Nc1ccccc1O2. The smallest absolute Gasteiger partial charge is 0.243 e. The predicted octanol–water partition coefficient (Wildman–Crippen LogP) is 4.88. The molecule has 0 amide bonds. The standard InChI is InChI=1S/C26H27N3O3S/c1-19-12-13-23-21(18-19)26(27-22-9-4-5-10-24(22)32-23)28-14-7-15-29(17-16-28)33(30,31)25-11-6-3-8-20(25)2/h3-6,8-13,18H,7,14-17H2,1-2H3. The fourth-order valence-corrected chi connectivity index (χ4v) is 6.10. The van der Waals surface area contributed by atoms with Gasteiger partial charge in [0.15, 0.2) is 5.75 Å². The second-order valence-electron chi connectivity index (χ2n) is 8.51. The second-order valence-corrected chi connectivity index (χ2v) is 10.4. The molecule has 0 radical (unpaired) electrons. The van der Waals surface area contributed by atoms with E-state index in [9.17, 15) is 8.42 Å². The molecule has 0 saturated carbocycles. The molecule has 1 saturated heterocycles. The molecule has 2 aliphatic heterocycles. The van der Waals surface area contributed by atoms with Gasteiger partial charge >= 0.3 is 0 Å². The van der Waals surface area contributed by atoms with E-state index in [1.54, 1.807) is 16.4 Å². The number of hydrogen-bond acceptors (Lipinski definition) is 5. The maximum absolute atomic E-state index is 13.4. The third kappa shape index (κ3) is 4.14. The van der Waals surface area contributed by atoms with E-state index >= 15 is 0 Å². The number of benzene rings is 3. The van der Waals surface area contributed by atoms with Gasteiger partial charge in [-0.2, -0.15) is 4.31 Å². The van der Waals surface area contributed by atoms with Crippen LogP contribution < -0.4 is 4.74 Å². The Morgan fingerprint density at radius 2 is 1.64 bits per heavy atom. The first-order valence-corrected chi connectivity index (χ1v) is 12.6. The zero-order chi connectivity index (χ0) is 23.0. The second kappa shape index (κ2) is 8.65. The fraction of sp³-hybridized carbons (Fsp3) is 0.269. The van der Waals surface area contributed by atoms with Crippen LogP contribution in [-0.2, 0) is 10.0 Å². The topological polar surface area (TPSA) is 62.2 Å². The maximum Gasteiger partial charge on any atom is 0.243 e. The van der Waals surface area contributed by atoms with Crippen LogP contribution in [0.25, 0.3) is 0 Å². The van der Waals surface area contributed by atoms with E-state index in [0.717, 1.165) is 39.7 Å². The lowest BCUT2D eigenvalue weighted by atomic mass is 10.1. The van der Waals surface area contributed by atoms with Crippen LogP contribution in [0.1, 0.15) is 23.1 Å². The largest absolute Gasteiger partial charge is 0.454 e. The molecule has 7 heteroatoms. The Hall–Kier alpha value is -3.16. The van der Waals surface area contributed by atoms with Crippen LogP contribution in [0.4, 0.5) is 5.69 Å². The van der Waals surface area contributed by atoms with Gasteiger partial charge in [0.25, 0.3) is 0 Å². The lowest BCUT2D eigenvalue weighted by molar-refractivity contribution is 0.407. The van der Waals surface area contributed by atoms with E-state index in [2.05, 4.69) is 17.9 Å². The summed E-state index contributed by atoms with van der Waals surface area (Å²) in [6.07, 6.45) is 0.716. The summed E-state index contributed by atoms with van der Waals surface area (Å²) in [5, 5.41) is 0. The van der Waals surface area contributed by atoms with E-state index in [4.69, 9.17) is 9.73 Å². The average molecular weight is 462 g/mol. The Balaban J connectivity index is 1.49. The molecular formula is C26H27N3O3S. The summed E-state index contributed by atoms with van der Waals surface area (Å²) >= 11 is 0. The first-order chi connectivity index (χ1) is 15.9. The minimum absolute atomic E-state index is 0.383. The molecule has 33 heavy (non-hydrogen) atoms. The van der Waals surface area contributed by atoms with Gasteiger partial charge in [-0.05, 0) is 56.2 Å². The van der Waals surface area contributed by atoms with Crippen LogP contribution in [0.2, 0.25) is 0 Å². The van der Waals surface area contributed by atoms with Gasteiger partial charge in [-0.1, -0.05) is 42.0 Å². The summed E-state index contributed by atoms with van der Waals surface area (Å²) in [5.74, 6) is 2.31. The van der Waals surface area contributed by atoms with Crippen molar-refractivity contribution in [2.75, 3.05) is 26.2 Å². The number of nitrogens with zero attached hydrogens (tertiary/aromatic N) is 3. The molecule has 1 fully saturated rings. The van der Waals surface area contributed by atoms with Gasteiger partial charge in [-0.3, -0.25) is 0 Å². The summed E-state index contributed by atoms with van der Waals surface area (Å²) in [6.45, 7) is 6.05. The molecule has 0 bridgehead atoms. The third-order valence-electron chi connectivity index (χ3n) is 6.15. The third-order valence-corrected chi connectivity index (χ3v) is 8.21. The number of ether oxygens (including phenoxy) is 1. The monoisotopic (exact) mass is 461 g/mol. The molecule has 5 rings (SSSR count). The number of aryl methyl sites for hydroxylation is 2. The quantitative estimate of drug-likeness (QED) is 0.546. The van der Waals surface area contributed by atoms with Crippen LogP contribution in [-0.4, -0.2) is 49.6 Å². The average Bonchev–Trinajstić information content (AvgIpc) is 3.14. The van der Waals surface area contributed by atoms with Crippen molar-refractivity contribution < 1.29 is 13.2 Å². The Bertz CT molecular complexity index is 1330. The molecule has 0 unspecified atom stereocenters. The highest BCUT2D eigenvalue weighted by Crippen LogP contribution is 2.38. The number of rotatable bonds is 2. The Labute approximate surface area is 195 Å². The number of fused-ring (bicyclic) bond motifs is 2. The molecule has 170 valence electrons. The summed E-state index contributed by atoms with van der Waals surface area (Å²) in [7, 11) is -3.55. The normalized spacial score (nSPS) is 16.7.